The first-order valence-electron chi connectivity index (χ1n) is 10.6. The first kappa shape index (κ1) is 19.9. The van der Waals surface area contributed by atoms with Crippen LogP contribution in [0.15, 0.2) is 36.7 Å². The number of nitrogens with one attached hydrogen (secondary N) is 1. The van der Waals surface area contributed by atoms with Gasteiger partial charge in [-0.1, -0.05) is 44.2 Å². The van der Waals surface area contributed by atoms with Crippen LogP contribution in [0.1, 0.15) is 37.6 Å². The summed E-state index contributed by atoms with van der Waals surface area (Å²) in [7, 11) is 2.01. The second-order valence-electron chi connectivity index (χ2n) is 9.14. The van der Waals surface area contributed by atoms with Gasteiger partial charge in [-0.2, -0.15) is 0 Å². The summed E-state index contributed by atoms with van der Waals surface area (Å²) in [6.07, 6.45) is 2.79. The van der Waals surface area contributed by atoms with E-state index in [1.807, 2.05) is 16.5 Å². The molecule has 2 aliphatic heterocycles. The van der Waals surface area contributed by atoms with E-state index in [1.165, 1.54) is 5.56 Å². The Labute approximate surface area is 173 Å². The summed E-state index contributed by atoms with van der Waals surface area (Å²) in [5, 5.41) is 11.6. The number of aromatic nitrogens is 3. The maximum Gasteiger partial charge on any atom is 0.317 e. The van der Waals surface area contributed by atoms with Crippen LogP contribution in [-0.2, 0) is 13.6 Å². The number of hydrogen-bond acceptors (Lipinski definition) is 4. The molecule has 0 bridgehead atoms. The van der Waals surface area contributed by atoms with Gasteiger partial charge >= 0.3 is 6.03 Å². The number of aryl methyl sites for hydroxylation is 1. The number of likely N-dealkylation sites (tertiary alicyclic amines) is 2. The molecule has 3 heterocycles. The number of benzene rings is 1. The largest absolute Gasteiger partial charge is 0.338 e. The highest BCUT2D eigenvalue weighted by molar-refractivity contribution is 5.75. The maximum atomic E-state index is 12.5. The van der Waals surface area contributed by atoms with Gasteiger partial charge in [0.25, 0.3) is 0 Å². The molecule has 2 amide bonds. The topological polar surface area (TPSA) is 66.3 Å². The zero-order valence-electron chi connectivity index (χ0n) is 17.7. The monoisotopic (exact) mass is 396 g/mol. The van der Waals surface area contributed by atoms with Crippen molar-refractivity contribution in [1.82, 2.24) is 29.9 Å². The van der Waals surface area contributed by atoms with E-state index in [1.54, 1.807) is 6.33 Å². The molecule has 7 heteroatoms. The summed E-state index contributed by atoms with van der Waals surface area (Å²) >= 11 is 0. The molecule has 2 aromatic rings. The lowest BCUT2D eigenvalue weighted by Crippen LogP contribution is -2.63. The fourth-order valence-electron chi connectivity index (χ4n) is 4.75. The lowest BCUT2D eigenvalue weighted by molar-refractivity contribution is 0.0244. The zero-order valence-corrected chi connectivity index (χ0v) is 17.7. The summed E-state index contributed by atoms with van der Waals surface area (Å²) in [5.74, 6) is 1.92. The van der Waals surface area contributed by atoms with Crippen LogP contribution in [-0.4, -0.2) is 63.3 Å². The summed E-state index contributed by atoms with van der Waals surface area (Å²) in [6.45, 7) is 9.52. The first-order chi connectivity index (χ1) is 14.0. The molecule has 1 N–H and O–H groups in total. The highest BCUT2D eigenvalue weighted by Crippen LogP contribution is 2.48. The van der Waals surface area contributed by atoms with Crippen LogP contribution in [0.5, 0.6) is 0 Å². The Morgan fingerprint density at radius 2 is 2.00 bits per heavy atom. The second-order valence-corrected chi connectivity index (χ2v) is 9.14. The molecule has 1 unspecified atom stereocenters. The van der Waals surface area contributed by atoms with Crippen molar-refractivity contribution in [3.63, 3.8) is 0 Å². The van der Waals surface area contributed by atoms with Gasteiger partial charge in [-0.05, 0) is 17.9 Å². The van der Waals surface area contributed by atoms with Gasteiger partial charge in [-0.3, -0.25) is 4.90 Å². The van der Waals surface area contributed by atoms with Crippen molar-refractivity contribution >= 4 is 6.03 Å². The summed E-state index contributed by atoms with van der Waals surface area (Å²) in [4.78, 5) is 17.0. The molecule has 2 aliphatic rings. The van der Waals surface area contributed by atoms with Crippen LogP contribution in [0.25, 0.3) is 0 Å². The van der Waals surface area contributed by atoms with Crippen molar-refractivity contribution in [3.05, 3.63) is 48.0 Å². The lowest BCUT2D eigenvalue weighted by atomic mass is 9.71. The average molecular weight is 397 g/mol. The van der Waals surface area contributed by atoms with Crippen LogP contribution < -0.4 is 5.32 Å². The number of urea groups is 1. The second kappa shape index (κ2) is 8.14. The van der Waals surface area contributed by atoms with E-state index in [0.29, 0.717) is 11.8 Å². The van der Waals surface area contributed by atoms with E-state index < -0.39 is 0 Å². The van der Waals surface area contributed by atoms with Crippen molar-refractivity contribution in [2.24, 2.45) is 18.4 Å². The number of amides is 2. The van der Waals surface area contributed by atoms with Gasteiger partial charge in [0.2, 0.25) is 0 Å². The van der Waals surface area contributed by atoms with Crippen LogP contribution in [0.2, 0.25) is 0 Å². The van der Waals surface area contributed by atoms with Gasteiger partial charge in [0.1, 0.15) is 12.2 Å². The molecule has 1 aromatic heterocycles. The molecule has 1 aromatic carbocycles. The van der Waals surface area contributed by atoms with Crippen molar-refractivity contribution < 1.29 is 4.79 Å². The maximum absolute atomic E-state index is 12.5. The average Bonchev–Trinajstić information content (AvgIpc) is 3.24. The highest BCUT2D eigenvalue weighted by atomic mass is 16.2. The molecular weight excluding hydrogens is 364 g/mol. The van der Waals surface area contributed by atoms with E-state index >= 15 is 0 Å². The number of nitrogens with zero attached hydrogens (tertiary/aromatic N) is 5. The van der Waals surface area contributed by atoms with Crippen LogP contribution in [0, 0.1) is 11.3 Å². The molecule has 4 rings (SSSR count). The minimum absolute atomic E-state index is 0.0605. The molecule has 7 nitrogen and oxygen atoms in total. The Bertz CT molecular complexity index is 827. The number of rotatable bonds is 6. The molecule has 156 valence electrons. The smallest absolute Gasteiger partial charge is 0.317 e. The van der Waals surface area contributed by atoms with Gasteiger partial charge < -0.3 is 14.8 Å². The van der Waals surface area contributed by atoms with E-state index in [9.17, 15) is 4.79 Å². The minimum Gasteiger partial charge on any atom is -0.338 e. The molecule has 0 aliphatic carbocycles. The third kappa shape index (κ3) is 4.15. The Morgan fingerprint density at radius 3 is 2.66 bits per heavy atom. The van der Waals surface area contributed by atoms with Gasteiger partial charge in [0, 0.05) is 57.6 Å². The lowest BCUT2D eigenvalue weighted by Gasteiger charge is -2.50. The van der Waals surface area contributed by atoms with E-state index in [-0.39, 0.29) is 11.4 Å². The molecule has 2 saturated heterocycles. The first-order valence-corrected chi connectivity index (χ1v) is 10.6. The van der Waals surface area contributed by atoms with Gasteiger partial charge in [-0.15, -0.1) is 10.2 Å². The van der Waals surface area contributed by atoms with Gasteiger partial charge in [-0.25, -0.2) is 4.79 Å². The molecule has 29 heavy (non-hydrogen) atoms. The van der Waals surface area contributed by atoms with E-state index in [4.69, 9.17) is 0 Å². The quantitative estimate of drug-likeness (QED) is 0.815. The fourth-order valence-corrected chi connectivity index (χ4v) is 4.75. The van der Waals surface area contributed by atoms with Crippen LogP contribution >= 0.6 is 0 Å². The van der Waals surface area contributed by atoms with Gasteiger partial charge in [0.05, 0.1) is 0 Å². The predicted octanol–water partition coefficient (Wildman–Crippen LogP) is 2.47. The third-order valence-electron chi connectivity index (χ3n) is 6.32. The Kier molecular flexibility index (Phi) is 5.58. The Morgan fingerprint density at radius 1 is 1.24 bits per heavy atom. The third-order valence-corrected chi connectivity index (χ3v) is 6.32. The van der Waals surface area contributed by atoms with Crippen molar-refractivity contribution in [2.45, 2.75) is 32.7 Å². The minimum atomic E-state index is 0.0605. The normalized spacial score (nSPS) is 21.0. The summed E-state index contributed by atoms with van der Waals surface area (Å²) < 4.78 is 2.03. The highest BCUT2D eigenvalue weighted by Gasteiger charge is 2.57. The Hall–Kier alpha value is -2.41. The molecule has 2 fully saturated rings. The number of carbonyl (C=O) groups excluding carboxylic acids is 1. The SMILES string of the molecule is CC(C)CCNC(=O)N1CC2(CN(Cc3ccccc3)CC2c2nncn2C)C1. The predicted molar refractivity (Wildman–Crippen MR) is 112 cm³/mol. The number of hydrogen-bond donors (Lipinski definition) is 1. The molecule has 0 radical (unpaired) electrons. The molecule has 1 atom stereocenters. The molecule has 1 spiro atoms. The standard InChI is InChI=1S/C22H32N6O/c1-17(2)9-10-23-21(29)28-14-22(15-28)13-27(11-18-7-5-4-6-8-18)12-19(22)20-25-24-16-26(20)3/h4-8,16-17,19H,9-15H2,1-3H3,(H,23,29). The Balaban J connectivity index is 1.44. The van der Waals surface area contributed by atoms with Crippen molar-refractivity contribution in [1.29, 1.82) is 0 Å². The van der Waals surface area contributed by atoms with E-state index in [0.717, 1.165) is 51.5 Å². The van der Waals surface area contributed by atoms with Crippen molar-refractivity contribution in [2.75, 3.05) is 32.7 Å². The molecule has 0 saturated carbocycles. The fraction of sp³-hybridized carbons (Fsp3) is 0.591. The van der Waals surface area contributed by atoms with Crippen LogP contribution in [0.4, 0.5) is 4.79 Å². The van der Waals surface area contributed by atoms with E-state index in [2.05, 4.69) is 64.6 Å². The van der Waals surface area contributed by atoms with Crippen molar-refractivity contribution in [3.8, 4) is 0 Å². The van der Waals surface area contributed by atoms with Gasteiger partial charge in [0.15, 0.2) is 0 Å². The number of carbonyl (C=O) groups is 1. The van der Waals surface area contributed by atoms with Crippen LogP contribution in [0.3, 0.4) is 0 Å². The summed E-state index contributed by atoms with van der Waals surface area (Å²) in [5.41, 5.74) is 1.38. The zero-order chi connectivity index (χ0) is 20.4. The summed E-state index contributed by atoms with van der Waals surface area (Å²) in [6, 6.07) is 10.7. The molecular formula is C22H32N6O.